The van der Waals surface area contributed by atoms with Crippen molar-refractivity contribution in [2.24, 2.45) is 11.7 Å². The monoisotopic (exact) mass is 725 g/mol. The molecule has 276 valence electrons. The third-order valence-electron chi connectivity index (χ3n) is 9.37. The predicted molar refractivity (Wildman–Crippen MR) is 187 cm³/mol. The third kappa shape index (κ3) is 12.1. The summed E-state index contributed by atoms with van der Waals surface area (Å²) in [4.78, 5) is 98.6. The van der Waals surface area contributed by atoms with Gasteiger partial charge in [-0.1, -0.05) is 67.4 Å². The lowest BCUT2D eigenvalue weighted by Gasteiger charge is -2.36. The van der Waals surface area contributed by atoms with E-state index in [2.05, 4.69) is 16.0 Å². The molecule has 5 atom stereocenters. The Hall–Kier alpha value is -4.39. The molecule has 2 aromatic rings. The highest BCUT2D eigenvalue weighted by Gasteiger charge is 2.44. The minimum Gasteiger partial charge on any atom is -0.370 e. The highest BCUT2D eigenvalue weighted by atomic mass is 31.2. The number of hydrogen-bond donors (Lipinski definition) is 6. The van der Waals surface area contributed by atoms with E-state index in [4.69, 9.17) is 5.73 Å². The SMILES string of the molecule is CC(=O)C[C@@H](Cc1ccc(CP(=O)(O)O)cc1)C(=O)N[C@H]1CCCCC2CC[C@@H](C(=O)N[C@@H](CCC(N)=O)C(=O)NCc3ccccc3)N2C1=O. The number of primary amides is 1. The van der Waals surface area contributed by atoms with Crippen molar-refractivity contribution >= 4 is 42.9 Å². The largest absolute Gasteiger partial charge is 0.370 e. The molecule has 0 aliphatic carbocycles. The summed E-state index contributed by atoms with van der Waals surface area (Å²) in [6, 6.07) is 12.5. The topological polar surface area (TPSA) is 225 Å². The molecule has 0 bridgehead atoms. The Labute approximate surface area is 297 Å². The summed E-state index contributed by atoms with van der Waals surface area (Å²) in [6.45, 7) is 1.59. The minimum atomic E-state index is -4.25. The highest BCUT2D eigenvalue weighted by molar-refractivity contribution is 7.50. The zero-order valence-corrected chi connectivity index (χ0v) is 29.7. The summed E-state index contributed by atoms with van der Waals surface area (Å²) in [5.74, 6) is -3.55. The number of carbonyl (C=O) groups is 6. The van der Waals surface area contributed by atoms with Crippen LogP contribution in [0.3, 0.4) is 0 Å². The summed E-state index contributed by atoms with van der Waals surface area (Å²) in [5, 5.41) is 8.42. The number of rotatable bonds is 16. The number of ketones is 1. The number of nitrogens with two attached hydrogens (primary N) is 1. The summed E-state index contributed by atoms with van der Waals surface area (Å²) in [7, 11) is -4.25. The van der Waals surface area contributed by atoms with E-state index >= 15 is 0 Å². The summed E-state index contributed by atoms with van der Waals surface area (Å²) in [6.07, 6.45) is 2.93. The van der Waals surface area contributed by atoms with E-state index in [1.165, 1.54) is 11.8 Å². The number of hydrogen-bond acceptors (Lipinski definition) is 7. The summed E-state index contributed by atoms with van der Waals surface area (Å²) in [5.41, 5.74) is 7.33. The lowest BCUT2D eigenvalue weighted by molar-refractivity contribution is -0.145. The fraction of sp³-hybridized carbons (Fsp3) is 0.500. The zero-order valence-electron chi connectivity index (χ0n) is 28.8. The van der Waals surface area contributed by atoms with Gasteiger partial charge in [0.15, 0.2) is 0 Å². The molecular formula is C36H48N5O9P. The highest BCUT2D eigenvalue weighted by Crippen LogP contribution is 2.39. The van der Waals surface area contributed by atoms with E-state index in [9.17, 15) is 43.1 Å². The second-order valence-corrected chi connectivity index (χ2v) is 15.2. The first-order valence-electron chi connectivity index (χ1n) is 17.3. The number of Topliss-reactive ketones (excluding diaryl/α,β-unsaturated/α-hetero) is 1. The molecule has 2 saturated heterocycles. The van der Waals surface area contributed by atoms with Gasteiger partial charge in [0.1, 0.15) is 23.9 Å². The van der Waals surface area contributed by atoms with Gasteiger partial charge in [0.25, 0.3) is 0 Å². The minimum absolute atomic E-state index is 0.0194. The van der Waals surface area contributed by atoms with Gasteiger partial charge in [-0.15, -0.1) is 0 Å². The molecule has 1 unspecified atom stereocenters. The molecule has 0 spiro atoms. The van der Waals surface area contributed by atoms with E-state index in [-0.39, 0.29) is 44.1 Å². The number of nitrogens with one attached hydrogen (secondary N) is 3. The lowest BCUT2D eigenvalue weighted by Crippen LogP contribution is -2.58. The average molecular weight is 726 g/mol. The van der Waals surface area contributed by atoms with E-state index in [0.29, 0.717) is 43.2 Å². The second-order valence-electron chi connectivity index (χ2n) is 13.6. The number of amides is 5. The first kappa shape index (κ1) is 39.4. The van der Waals surface area contributed by atoms with Gasteiger partial charge in [-0.2, -0.15) is 0 Å². The Morgan fingerprint density at radius 2 is 1.57 bits per heavy atom. The van der Waals surface area contributed by atoms with Crippen molar-refractivity contribution < 1.29 is 43.1 Å². The maximum atomic E-state index is 14.1. The van der Waals surface area contributed by atoms with Crippen LogP contribution < -0.4 is 21.7 Å². The first-order chi connectivity index (χ1) is 24.2. The maximum Gasteiger partial charge on any atom is 0.329 e. The molecule has 0 radical (unpaired) electrons. The summed E-state index contributed by atoms with van der Waals surface area (Å²) < 4.78 is 11.4. The van der Waals surface area contributed by atoms with Gasteiger partial charge in [-0.3, -0.25) is 28.5 Å². The Kier molecular flexibility index (Phi) is 14.1. The summed E-state index contributed by atoms with van der Waals surface area (Å²) >= 11 is 0. The van der Waals surface area contributed by atoms with Gasteiger partial charge in [0.05, 0.1) is 6.16 Å². The van der Waals surface area contributed by atoms with Crippen molar-refractivity contribution in [3.05, 3.63) is 71.3 Å². The van der Waals surface area contributed by atoms with Gasteiger partial charge in [-0.25, -0.2) is 0 Å². The maximum absolute atomic E-state index is 14.1. The number of fused-ring (bicyclic) bond motifs is 1. The van der Waals surface area contributed by atoms with E-state index in [0.717, 1.165) is 12.0 Å². The van der Waals surface area contributed by atoms with Gasteiger partial charge >= 0.3 is 7.60 Å². The van der Waals surface area contributed by atoms with E-state index in [1.54, 1.807) is 24.3 Å². The third-order valence-corrected chi connectivity index (χ3v) is 10.2. The molecule has 2 heterocycles. The first-order valence-corrected chi connectivity index (χ1v) is 19.1. The van der Waals surface area contributed by atoms with Crippen LogP contribution in [0.15, 0.2) is 54.6 Å². The van der Waals surface area contributed by atoms with Crippen molar-refractivity contribution in [3.8, 4) is 0 Å². The normalized spacial score (nSPS) is 20.3. The molecule has 0 aromatic heterocycles. The molecule has 2 aliphatic rings. The Bertz CT molecular complexity index is 1610. The van der Waals surface area contributed by atoms with Crippen LogP contribution in [0.25, 0.3) is 0 Å². The Morgan fingerprint density at radius 1 is 0.902 bits per heavy atom. The van der Waals surface area contributed by atoms with Crippen LogP contribution in [0.5, 0.6) is 0 Å². The van der Waals surface area contributed by atoms with Crippen LogP contribution >= 0.6 is 7.60 Å². The fourth-order valence-electron chi connectivity index (χ4n) is 6.85. The zero-order chi connectivity index (χ0) is 37.1. The van der Waals surface area contributed by atoms with Gasteiger partial charge in [-0.05, 0) is 62.1 Å². The van der Waals surface area contributed by atoms with Crippen molar-refractivity contribution in [2.75, 3.05) is 0 Å². The lowest BCUT2D eigenvalue weighted by atomic mass is 9.92. The van der Waals surface area contributed by atoms with Crippen molar-refractivity contribution in [1.82, 2.24) is 20.9 Å². The van der Waals surface area contributed by atoms with Crippen molar-refractivity contribution in [2.45, 2.75) is 108 Å². The number of carbonyl (C=O) groups excluding carboxylic acids is 6. The van der Waals surface area contributed by atoms with Crippen LogP contribution in [0.1, 0.15) is 81.4 Å². The van der Waals surface area contributed by atoms with Crippen LogP contribution in [0.2, 0.25) is 0 Å². The Morgan fingerprint density at radius 3 is 2.22 bits per heavy atom. The smallest absolute Gasteiger partial charge is 0.329 e. The van der Waals surface area contributed by atoms with E-state index in [1.807, 2.05) is 30.3 Å². The predicted octanol–water partition coefficient (Wildman–Crippen LogP) is 1.99. The van der Waals surface area contributed by atoms with Crippen LogP contribution in [-0.2, 0) is 52.5 Å². The molecule has 2 aliphatic heterocycles. The molecule has 2 aromatic carbocycles. The molecule has 7 N–H and O–H groups in total. The quantitative estimate of drug-likeness (QED) is 0.139. The molecule has 51 heavy (non-hydrogen) atoms. The number of benzene rings is 2. The second kappa shape index (κ2) is 18.2. The van der Waals surface area contributed by atoms with Crippen LogP contribution in [0, 0.1) is 5.92 Å². The molecular weight excluding hydrogens is 677 g/mol. The number of nitrogens with zero attached hydrogens (tertiary/aromatic N) is 1. The standard InChI is InChI=1S/C36H48N5O9P/c1-23(42)19-27(20-24-11-13-26(14-12-24)22-51(48,49)50)33(44)40-30-10-6-5-9-28-15-17-31(41(28)36(30)47)35(46)39-29(16-18-32(37)43)34(45)38-21-25-7-3-2-4-8-25/h2-4,7-8,11-14,27-31H,5-6,9-10,15-22H2,1H3,(H2,37,43)(H,38,45)(H,39,46)(H,40,44)(H2,48,49,50)/t27-,28?,29-,30-,31-/m0/s1. The van der Waals surface area contributed by atoms with Gasteiger partial charge in [0.2, 0.25) is 29.5 Å². The van der Waals surface area contributed by atoms with Crippen molar-refractivity contribution in [1.29, 1.82) is 0 Å². The average Bonchev–Trinajstić information content (AvgIpc) is 3.49. The van der Waals surface area contributed by atoms with E-state index < -0.39 is 67.3 Å². The fourth-order valence-corrected chi connectivity index (χ4v) is 7.54. The van der Waals surface area contributed by atoms with Gasteiger partial charge < -0.3 is 41.2 Å². The van der Waals surface area contributed by atoms with Gasteiger partial charge in [0, 0.05) is 31.3 Å². The Balaban J connectivity index is 1.46. The molecule has 4 rings (SSSR count). The molecule has 5 amide bonds. The molecule has 2 fully saturated rings. The molecule has 0 saturated carbocycles. The van der Waals surface area contributed by atoms with Crippen molar-refractivity contribution in [3.63, 3.8) is 0 Å². The van der Waals surface area contributed by atoms with Crippen LogP contribution in [0.4, 0.5) is 0 Å². The molecule has 14 nitrogen and oxygen atoms in total. The molecule has 15 heteroatoms. The van der Waals surface area contributed by atoms with Crippen LogP contribution in [-0.4, -0.2) is 74.2 Å².